The summed E-state index contributed by atoms with van der Waals surface area (Å²) in [6.45, 7) is 5.82. The molecule has 1 atom stereocenters. The van der Waals surface area contributed by atoms with E-state index in [1.807, 2.05) is 45.0 Å². The molecule has 0 aliphatic heterocycles. The molecule has 7 heteroatoms. The number of aryl methyl sites for hydroxylation is 3. The fraction of sp³-hybridized carbons (Fsp3) is 0.304. The second-order valence-corrected chi connectivity index (χ2v) is 8.74. The van der Waals surface area contributed by atoms with Crippen LogP contribution in [0.25, 0.3) is 10.6 Å². The third-order valence-corrected chi connectivity index (χ3v) is 6.76. The molecule has 3 aromatic rings. The number of hydrogen-bond donors (Lipinski definition) is 2. The van der Waals surface area contributed by atoms with Gasteiger partial charge in [-0.1, -0.05) is 29.8 Å². The number of nitrogens with one attached hydrogen (secondary N) is 2. The smallest absolute Gasteiger partial charge is 0.261 e. The highest BCUT2D eigenvalue weighted by atomic mass is 32.1. The summed E-state index contributed by atoms with van der Waals surface area (Å²) in [7, 11) is 0. The second-order valence-electron chi connectivity index (χ2n) is 7.71. The number of H-pyrrole nitrogens is 1. The van der Waals surface area contributed by atoms with Crippen LogP contribution in [-0.4, -0.2) is 21.7 Å². The summed E-state index contributed by atoms with van der Waals surface area (Å²) in [4.78, 5) is 45.7. The van der Waals surface area contributed by atoms with Crippen LogP contribution in [0.15, 0.2) is 35.1 Å². The predicted octanol–water partition coefficient (Wildman–Crippen LogP) is 4.13. The van der Waals surface area contributed by atoms with Crippen LogP contribution in [0.2, 0.25) is 0 Å². The Morgan fingerprint density at radius 3 is 2.63 bits per heavy atom. The van der Waals surface area contributed by atoms with Crippen molar-refractivity contribution in [1.29, 1.82) is 0 Å². The average molecular weight is 422 g/mol. The Hall–Kier alpha value is -3.06. The molecule has 2 heterocycles. The van der Waals surface area contributed by atoms with E-state index >= 15 is 0 Å². The Kier molecular flexibility index (Phi) is 5.39. The molecule has 0 spiro atoms. The standard InChI is InChI=1S/C23H23N3O3S/c1-12-7-9-15(10-8-12)23-25-14(3)20(30-23)13(2)24-21(28)17-11-16-18(26-22(17)29)5-4-6-19(16)27/h7-11,13H,4-6H2,1-3H3,(H,24,28)(H,26,29). The molecule has 4 rings (SSSR count). The first-order valence-electron chi connectivity index (χ1n) is 9.98. The molecule has 154 valence electrons. The predicted molar refractivity (Wildman–Crippen MR) is 117 cm³/mol. The quantitative estimate of drug-likeness (QED) is 0.663. The summed E-state index contributed by atoms with van der Waals surface area (Å²) in [6.07, 6.45) is 1.81. The number of nitrogens with zero attached hydrogens (tertiary/aromatic N) is 1. The van der Waals surface area contributed by atoms with Crippen molar-refractivity contribution in [3.05, 3.63) is 73.6 Å². The van der Waals surface area contributed by atoms with Crippen molar-refractivity contribution in [3.8, 4) is 10.6 Å². The van der Waals surface area contributed by atoms with Gasteiger partial charge in [0.15, 0.2) is 5.78 Å². The van der Waals surface area contributed by atoms with Gasteiger partial charge in [-0.15, -0.1) is 11.3 Å². The van der Waals surface area contributed by atoms with Gasteiger partial charge in [0, 0.05) is 23.2 Å². The SMILES string of the molecule is Cc1ccc(-c2nc(C)c(C(C)NC(=O)c3cc4c([nH]c3=O)CCCC4=O)s2)cc1. The van der Waals surface area contributed by atoms with Crippen molar-refractivity contribution in [3.63, 3.8) is 0 Å². The summed E-state index contributed by atoms with van der Waals surface area (Å²) >= 11 is 1.53. The number of aromatic nitrogens is 2. The highest BCUT2D eigenvalue weighted by Crippen LogP contribution is 2.32. The van der Waals surface area contributed by atoms with Gasteiger partial charge in [-0.2, -0.15) is 0 Å². The van der Waals surface area contributed by atoms with Gasteiger partial charge in [0.2, 0.25) is 0 Å². The lowest BCUT2D eigenvalue weighted by atomic mass is 9.93. The number of fused-ring (bicyclic) bond motifs is 1. The molecular formula is C23H23N3O3S. The van der Waals surface area contributed by atoms with Gasteiger partial charge in [0.1, 0.15) is 10.6 Å². The zero-order valence-electron chi connectivity index (χ0n) is 17.2. The van der Waals surface area contributed by atoms with Crippen molar-refractivity contribution in [1.82, 2.24) is 15.3 Å². The molecule has 0 saturated carbocycles. The molecule has 1 aliphatic carbocycles. The Balaban J connectivity index is 1.57. The van der Waals surface area contributed by atoms with Crippen LogP contribution in [0.5, 0.6) is 0 Å². The Morgan fingerprint density at radius 2 is 1.90 bits per heavy atom. The maximum atomic E-state index is 12.8. The molecule has 0 bridgehead atoms. The van der Waals surface area contributed by atoms with Gasteiger partial charge in [0.25, 0.3) is 11.5 Å². The minimum Gasteiger partial charge on any atom is -0.344 e. The van der Waals surface area contributed by atoms with Crippen LogP contribution in [0.3, 0.4) is 0 Å². The van der Waals surface area contributed by atoms with Crippen LogP contribution in [0, 0.1) is 13.8 Å². The van der Waals surface area contributed by atoms with Gasteiger partial charge in [-0.25, -0.2) is 4.98 Å². The van der Waals surface area contributed by atoms with Gasteiger partial charge in [0.05, 0.1) is 16.6 Å². The van der Waals surface area contributed by atoms with Crippen LogP contribution in [0.4, 0.5) is 0 Å². The number of pyridine rings is 1. The maximum absolute atomic E-state index is 12.8. The van der Waals surface area contributed by atoms with Crippen molar-refractivity contribution in [2.75, 3.05) is 0 Å². The number of carbonyl (C=O) groups excluding carboxylic acids is 2. The molecule has 2 N–H and O–H groups in total. The Bertz CT molecular complexity index is 1190. The van der Waals surface area contributed by atoms with E-state index in [4.69, 9.17) is 0 Å². The van der Waals surface area contributed by atoms with Crippen LogP contribution < -0.4 is 10.9 Å². The van der Waals surface area contributed by atoms with E-state index in [0.29, 0.717) is 24.1 Å². The molecule has 0 radical (unpaired) electrons. The lowest BCUT2D eigenvalue weighted by Crippen LogP contribution is -2.33. The van der Waals surface area contributed by atoms with E-state index in [9.17, 15) is 14.4 Å². The molecule has 2 aromatic heterocycles. The molecule has 1 unspecified atom stereocenters. The molecule has 30 heavy (non-hydrogen) atoms. The molecule has 1 aromatic carbocycles. The Morgan fingerprint density at radius 1 is 1.17 bits per heavy atom. The topological polar surface area (TPSA) is 91.9 Å². The molecule has 0 fully saturated rings. The molecule has 1 aliphatic rings. The van der Waals surface area contributed by atoms with Gasteiger partial charge in [-0.3, -0.25) is 14.4 Å². The second kappa shape index (κ2) is 7.99. The zero-order valence-corrected chi connectivity index (χ0v) is 18.0. The number of hydrogen-bond acceptors (Lipinski definition) is 5. The van der Waals surface area contributed by atoms with Crippen molar-refractivity contribution in [2.24, 2.45) is 0 Å². The van der Waals surface area contributed by atoms with Gasteiger partial charge < -0.3 is 10.3 Å². The van der Waals surface area contributed by atoms with E-state index in [-0.39, 0.29) is 17.4 Å². The fourth-order valence-electron chi connectivity index (χ4n) is 3.71. The minimum atomic E-state index is -0.491. The number of ketones is 1. The van der Waals surface area contributed by atoms with Crippen molar-refractivity contribution >= 4 is 23.0 Å². The first-order chi connectivity index (χ1) is 14.3. The minimum absolute atomic E-state index is 0.0308. The fourth-order valence-corrected chi connectivity index (χ4v) is 4.79. The highest BCUT2D eigenvalue weighted by molar-refractivity contribution is 7.15. The summed E-state index contributed by atoms with van der Waals surface area (Å²) in [5.41, 5.74) is 3.64. The first-order valence-corrected chi connectivity index (χ1v) is 10.8. The summed E-state index contributed by atoms with van der Waals surface area (Å²) in [6, 6.07) is 9.27. The van der Waals surface area contributed by atoms with E-state index in [2.05, 4.69) is 15.3 Å². The molecule has 6 nitrogen and oxygen atoms in total. The van der Waals surface area contributed by atoms with Crippen molar-refractivity contribution < 1.29 is 9.59 Å². The largest absolute Gasteiger partial charge is 0.344 e. The van der Waals surface area contributed by atoms with Crippen LogP contribution >= 0.6 is 11.3 Å². The third kappa shape index (κ3) is 3.85. The Labute approximate surface area is 178 Å². The lowest BCUT2D eigenvalue weighted by Gasteiger charge is -2.16. The normalized spacial score (nSPS) is 14.3. The molecule has 1 amide bonds. The number of aromatic amines is 1. The van der Waals surface area contributed by atoms with E-state index < -0.39 is 11.5 Å². The summed E-state index contributed by atoms with van der Waals surface area (Å²) < 4.78 is 0. The molecular weight excluding hydrogens is 398 g/mol. The van der Waals surface area contributed by atoms with Gasteiger partial charge >= 0.3 is 0 Å². The van der Waals surface area contributed by atoms with Crippen LogP contribution in [-0.2, 0) is 6.42 Å². The highest BCUT2D eigenvalue weighted by Gasteiger charge is 2.24. The van der Waals surface area contributed by atoms with E-state index in [1.54, 1.807) is 0 Å². The monoisotopic (exact) mass is 421 g/mol. The third-order valence-electron chi connectivity index (χ3n) is 5.37. The lowest BCUT2D eigenvalue weighted by molar-refractivity contribution is 0.0939. The summed E-state index contributed by atoms with van der Waals surface area (Å²) in [5, 5.41) is 3.78. The summed E-state index contributed by atoms with van der Waals surface area (Å²) in [5.74, 6) is -0.523. The number of thiazole rings is 1. The molecule has 0 saturated heterocycles. The van der Waals surface area contributed by atoms with Crippen molar-refractivity contribution in [2.45, 2.75) is 46.1 Å². The average Bonchev–Trinajstić information content (AvgIpc) is 3.10. The van der Waals surface area contributed by atoms with E-state index in [1.165, 1.54) is 23.0 Å². The number of Topliss-reactive ketones (excluding diaryl/α,β-unsaturated/α-hetero) is 1. The van der Waals surface area contributed by atoms with Crippen LogP contribution in [0.1, 0.15) is 68.4 Å². The van der Waals surface area contributed by atoms with E-state index in [0.717, 1.165) is 27.6 Å². The van der Waals surface area contributed by atoms with Gasteiger partial charge in [-0.05, 0) is 39.7 Å². The first kappa shape index (κ1) is 20.2. The zero-order chi connectivity index (χ0) is 21.4. The maximum Gasteiger partial charge on any atom is 0.261 e. The number of amides is 1. The number of rotatable bonds is 4. The number of carbonyl (C=O) groups is 2. The number of benzene rings is 1.